The van der Waals surface area contributed by atoms with Crippen LogP contribution >= 0.6 is 0 Å². The summed E-state index contributed by atoms with van der Waals surface area (Å²) in [7, 11) is 0. The number of nitrogens with zero attached hydrogens (tertiary/aromatic N) is 2. The minimum absolute atomic E-state index is 0.482. The fourth-order valence-electron chi connectivity index (χ4n) is 1.37. The second-order valence-corrected chi connectivity index (χ2v) is 3.62. The van der Waals surface area contributed by atoms with Gasteiger partial charge in [0, 0.05) is 6.20 Å². The van der Waals surface area contributed by atoms with E-state index in [2.05, 4.69) is 15.5 Å². The minimum Gasteiger partial charge on any atom is -0.480 e. The molecular formula is C10H15N3O2. The van der Waals surface area contributed by atoms with Gasteiger partial charge in [-0.25, -0.2) is 4.79 Å². The highest BCUT2D eigenvalue weighted by molar-refractivity contribution is 5.81. The standard InChI is InChI=1S/C10H15N3O2/c1-3-6-10(2,9(14)15)12-8-5-4-7-11-13-8/h4-5,7H,3,6H2,1-2H3,(H,12,13)(H,14,15). The molecule has 0 aliphatic rings. The topological polar surface area (TPSA) is 75.1 Å². The maximum absolute atomic E-state index is 11.1. The molecule has 1 rings (SSSR count). The highest BCUT2D eigenvalue weighted by Gasteiger charge is 2.32. The molecule has 1 aromatic heterocycles. The number of hydrogen-bond acceptors (Lipinski definition) is 4. The monoisotopic (exact) mass is 209 g/mol. The summed E-state index contributed by atoms with van der Waals surface area (Å²) in [5.74, 6) is -0.397. The predicted octanol–water partition coefficient (Wildman–Crippen LogP) is 1.53. The molecule has 0 amide bonds. The van der Waals surface area contributed by atoms with Crippen LogP contribution in [0.25, 0.3) is 0 Å². The molecule has 5 heteroatoms. The Morgan fingerprint density at radius 1 is 1.67 bits per heavy atom. The molecule has 15 heavy (non-hydrogen) atoms. The van der Waals surface area contributed by atoms with E-state index in [9.17, 15) is 4.79 Å². The Kier molecular flexibility index (Phi) is 3.60. The SMILES string of the molecule is CCCC(C)(Nc1cccnn1)C(=O)O. The lowest BCUT2D eigenvalue weighted by molar-refractivity contribution is -0.142. The number of rotatable bonds is 5. The molecule has 0 saturated heterocycles. The van der Waals surface area contributed by atoms with Crippen LogP contribution in [0, 0.1) is 0 Å². The van der Waals surface area contributed by atoms with Gasteiger partial charge in [-0.2, -0.15) is 5.10 Å². The van der Waals surface area contributed by atoms with Gasteiger partial charge in [-0.3, -0.25) is 0 Å². The first-order valence-electron chi connectivity index (χ1n) is 4.88. The highest BCUT2D eigenvalue weighted by Crippen LogP contribution is 2.18. The lowest BCUT2D eigenvalue weighted by Gasteiger charge is -2.25. The van der Waals surface area contributed by atoms with Crippen molar-refractivity contribution in [1.29, 1.82) is 0 Å². The summed E-state index contributed by atoms with van der Waals surface area (Å²) >= 11 is 0. The summed E-state index contributed by atoms with van der Waals surface area (Å²) < 4.78 is 0. The molecule has 1 aromatic rings. The molecule has 0 aliphatic carbocycles. The summed E-state index contributed by atoms with van der Waals surface area (Å²) in [5.41, 5.74) is -0.981. The molecule has 1 unspecified atom stereocenters. The molecule has 0 radical (unpaired) electrons. The molecular weight excluding hydrogens is 194 g/mol. The van der Waals surface area contributed by atoms with Crippen molar-refractivity contribution >= 4 is 11.8 Å². The Morgan fingerprint density at radius 3 is 2.87 bits per heavy atom. The second kappa shape index (κ2) is 4.72. The normalized spacial score (nSPS) is 14.3. The van der Waals surface area contributed by atoms with Crippen molar-refractivity contribution < 1.29 is 9.90 Å². The average molecular weight is 209 g/mol. The molecule has 1 atom stereocenters. The van der Waals surface area contributed by atoms with Crippen LogP contribution in [0.2, 0.25) is 0 Å². The zero-order valence-corrected chi connectivity index (χ0v) is 8.90. The number of carboxylic acid groups (broad SMARTS) is 1. The second-order valence-electron chi connectivity index (χ2n) is 3.62. The van der Waals surface area contributed by atoms with Crippen molar-refractivity contribution in [2.24, 2.45) is 0 Å². The van der Waals surface area contributed by atoms with E-state index >= 15 is 0 Å². The summed E-state index contributed by atoms with van der Waals surface area (Å²) in [6, 6.07) is 3.41. The first-order chi connectivity index (χ1) is 7.08. The van der Waals surface area contributed by atoms with E-state index in [0.717, 1.165) is 6.42 Å². The molecule has 82 valence electrons. The fraction of sp³-hybridized carbons (Fsp3) is 0.500. The Morgan fingerprint density at radius 2 is 2.40 bits per heavy atom. The quantitative estimate of drug-likeness (QED) is 0.769. The third kappa shape index (κ3) is 2.90. The fourth-order valence-corrected chi connectivity index (χ4v) is 1.37. The van der Waals surface area contributed by atoms with Crippen LogP contribution in [0.1, 0.15) is 26.7 Å². The van der Waals surface area contributed by atoms with Gasteiger partial charge in [0.1, 0.15) is 11.4 Å². The Balaban J connectivity index is 2.80. The Hall–Kier alpha value is -1.65. The summed E-state index contributed by atoms with van der Waals surface area (Å²) in [6.07, 6.45) is 2.87. The first kappa shape index (κ1) is 11.4. The molecule has 0 fully saturated rings. The van der Waals surface area contributed by atoms with Crippen molar-refractivity contribution in [3.8, 4) is 0 Å². The number of nitrogens with one attached hydrogen (secondary N) is 1. The van der Waals surface area contributed by atoms with Gasteiger partial charge >= 0.3 is 5.97 Å². The number of hydrogen-bond donors (Lipinski definition) is 2. The van der Waals surface area contributed by atoms with E-state index in [4.69, 9.17) is 5.11 Å². The number of aliphatic carboxylic acids is 1. The van der Waals surface area contributed by atoms with Crippen LogP contribution in [0.3, 0.4) is 0 Å². The smallest absolute Gasteiger partial charge is 0.329 e. The summed E-state index contributed by atoms with van der Waals surface area (Å²) in [4.78, 5) is 11.1. The van der Waals surface area contributed by atoms with Crippen LogP contribution in [-0.4, -0.2) is 26.8 Å². The van der Waals surface area contributed by atoms with E-state index < -0.39 is 11.5 Å². The zero-order chi connectivity index (χ0) is 11.3. The van der Waals surface area contributed by atoms with Gasteiger partial charge in [0.15, 0.2) is 0 Å². The van der Waals surface area contributed by atoms with Gasteiger partial charge < -0.3 is 10.4 Å². The summed E-state index contributed by atoms with van der Waals surface area (Å²) in [6.45, 7) is 3.59. The van der Waals surface area contributed by atoms with Crippen LogP contribution in [0.4, 0.5) is 5.82 Å². The average Bonchev–Trinajstić information content (AvgIpc) is 2.19. The number of carboxylic acids is 1. The van der Waals surface area contributed by atoms with E-state index in [1.165, 1.54) is 0 Å². The van der Waals surface area contributed by atoms with E-state index in [0.29, 0.717) is 12.2 Å². The van der Waals surface area contributed by atoms with Gasteiger partial charge in [0.2, 0.25) is 0 Å². The molecule has 2 N–H and O–H groups in total. The number of anilines is 1. The molecule has 0 spiro atoms. The molecule has 0 aliphatic heterocycles. The lowest BCUT2D eigenvalue weighted by atomic mass is 9.96. The lowest BCUT2D eigenvalue weighted by Crippen LogP contribution is -2.43. The van der Waals surface area contributed by atoms with Crippen LogP contribution in [0.15, 0.2) is 18.3 Å². The van der Waals surface area contributed by atoms with Gasteiger partial charge in [-0.1, -0.05) is 13.3 Å². The van der Waals surface area contributed by atoms with Gasteiger partial charge in [-0.15, -0.1) is 5.10 Å². The number of carbonyl (C=O) groups is 1. The van der Waals surface area contributed by atoms with Crippen LogP contribution in [-0.2, 0) is 4.79 Å². The van der Waals surface area contributed by atoms with Crippen LogP contribution < -0.4 is 5.32 Å². The first-order valence-corrected chi connectivity index (χ1v) is 4.88. The molecule has 0 saturated carbocycles. The summed E-state index contributed by atoms with van der Waals surface area (Å²) in [5, 5.41) is 19.5. The van der Waals surface area contributed by atoms with Crippen molar-refractivity contribution in [3.63, 3.8) is 0 Å². The van der Waals surface area contributed by atoms with Gasteiger partial charge in [-0.05, 0) is 25.5 Å². The van der Waals surface area contributed by atoms with E-state index in [1.54, 1.807) is 25.3 Å². The van der Waals surface area contributed by atoms with Gasteiger partial charge in [0.05, 0.1) is 0 Å². The zero-order valence-electron chi connectivity index (χ0n) is 8.90. The third-order valence-corrected chi connectivity index (χ3v) is 2.20. The van der Waals surface area contributed by atoms with Crippen molar-refractivity contribution in [2.75, 3.05) is 5.32 Å². The Labute approximate surface area is 88.5 Å². The van der Waals surface area contributed by atoms with Crippen molar-refractivity contribution in [2.45, 2.75) is 32.2 Å². The minimum atomic E-state index is -0.981. The predicted molar refractivity (Wildman–Crippen MR) is 56.6 cm³/mol. The van der Waals surface area contributed by atoms with Crippen LogP contribution in [0.5, 0.6) is 0 Å². The van der Waals surface area contributed by atoms with Gasteiger partial charge in [0.25, 0.3) is 0 Å². The Bertz CT molecular complexity index is 329. The maximum Gasteiger partial charge on any atom is 0.329 e. The number of aromatic nitrogens is 2. The van der Waals surface area contributed by atoms with E-state index in [-0.39, 0.29) is 0 Å². The molecule has 1 heterocycles. The highest BCUT2D eigenvalue weighted by atomic mass is 16.4. The molecule has 5 nitrogen and oxygen atoms in total. The van der Waals surface area contributed by atoms with Crippen molar-refractivity contribution in [3.05, 3.63) is 18.3 Å². The van der Waals surface area contributed by atoms with Crippen molar-refractivity contribution in [1.82, 2.24) is 10.2 Å². The maximum atomic E-state index is 11.1. The molecule has 0 aromatic carbocycles. The molecule has 0 bridgehead atoms. The third-order valence-electron chi connectivity index (χ3n) is 2.20. The van der Waals surface area contributed by atoms with E-state index in [1.807, 2.05) is 6.92 Å². The largest absolute Gasteiger partial charge is 0.480 e.